The van der Waals surface area contributed by atoms with Crippen LogP contribution in [0.2, 0.25) is 0 Å². The van der Waals surface area contributed by atoms with Gasteiger partial charge in [0.2, 0.25) is 0 Å². The third-order valence-electron chi connectivity index (χ3n) is 6.26. The fraction of sp³-hybridized carbons (Fsp3) is 0.583. The molecule has 164 valence electrons. The minimum atomic E-state index is 0.00293. The zero-order valence-electron chi connectivity index (χ0n) is 18.8. The Labute approximate surface area is 181 Å². The average molecular weight is 412 g/mol. The molecule has 1 amide bonds. The van der Waals surface area contributed by atoms with Crippen LogP contribution in [0.15, 0.2) is 53.7 Å². The molecule has 3 heterocycles. The highest BCUT2D eigenvalue weighted by molar-refractivity contribution is 5.96. The maximum atomic E-state index is 13.3. The quantitative estimate of drug-likeness (QED) is 0.697. The van der Waals surface area contributed by atoms with Gasteiger partial charge in [0.05, 0.1) is 24.2 Å². The van der Waals surface area contributed by atoms with Gasteiger partial charge in [0.15, 0.2) is 0 Å². The number of rotatable bonds is 7. The zero-order chi connectivity index (χ0) is 21.7. The molecule has 0 aromatic rings. The SMILES string of the molecule is C=CN1C(C(=O)N2CCCC(NC(=C)[C@@H](C(C)C)N3CCCC3)C2)=CN=C/C1=C/C. The van der Waals surface area contributed by atoms with Crippen LogP contribution in [0.4, 0.5) is 0 Å². The van der Waals surface area contributed by atoms with Gasteiger partial charge in [-0.2, -0.15) is 0 Å². The second-order valence-corrected chi connectivity index (χ2v) is 8.75. The lowest BCUT2D eigenvalue weighted by Gasteiger charge is -2.39. The molecule has 0 spiro atoms. The second-order valence-electron chi connectivity index (χ2n) is 8.75. The number of hydrogen-bond donors (Lipinski definition) is 1. The molecule has 6 nitrogen and oxygen atoms in total. The van der Waals surface area contributed by atoms with Crippen molar-refractivity contribution in [2.75, 3.05) is 26.2 Å². The van der Waals surface area contributed by atoms with E-state index < -0.39 is 0 Å². The molecule has 3 aliphatic rings. The van der Waals surface area contributed by atoms with E-state index in [4.69, 9.17) is 0 Å². The van der Waals surface area contributed by atoms with Gasteiger partial charge in [-0.05, 0) is 51.6 Å². The van der Waals surface area contributed by atoms with E-state index in [0.29, 0.717) is 24.2 Å². The van der Waals surface area contributed by atoms with Gasteiger partial charge in [-0.3, -0.25) is 14.7 Å². The molecule has 0 saturated carbocycles. The van der Waals surface area contributed by atoms with Crippen molar-refractivity contribution in [2.24, 2.45) is 10.9 Å². The molecule has 2 fully saturated rings. The van der Waals surface area contributed by atoms with Crippen molar-refractivity contribution in [3.05, 3.63) is 48.7 Å². The van der Waals surface area contributed by atoms with Crippen LogP contribution >= 0.6 is 0 Å². The maximum absolute atomic E-state index is 13.3. The Bertz CT molecular complexity index is 745. The van der Waals surface area contributed by atoms with E-state index in [2.05, 4.69) is 42.2 Å². The van der Waals surface area contributed by atoms with Crippen LogP contribution in [0.25, 0.3) is 0 Å². The molecule has 0 bridgehead atoms. The molecule has 1 N–H and O–H groups in total. The summed E-state index contributed by atoms with van der Waals surface area (Å²) < 4.78 is 0. The summed E-state index contributed by atoms with van der Waals surface area (Å²) in [5.74, 6) is 0.512. The molecule has 2 atom stereocenters. The lowest BCUT2D eigenvalue weighted by molar-refractivity contribution is -0.129. The van der Waals surface area contributed by atoms with Crippen LogP contribution in [-0.2, 0) is 4.79 Å². The number of carbonyl (C=O) groups is 1. The van der Waals surface area contributed by atoms with Crippen molar-refractivity contribution in [3.8, 4) is 0 Å². The Hall–Kier alpha value is -2.34. The molecule has 30 heavy (non-hydrogen) atoms. The van der Waals surface area contributed by atoms with E-state index in [1.54, 1.807) is 18.6 Å². The first-order valence-corrected chi connectivity index (χ1v) is 11.3. The number of aliphatic imine (C=N–C) groups is 1. The van der Waals surface area contributed by atoms with Crippen molar-refractivity contribution < 1.29 is 4.79 Å². The van der Waals surface area contributed by atoms with Crippen LogP contribution in [0, 0.1) is 5.92 Å². The minimum Gasteiger partial charge on any atom is -0.383 e. The van der Waals surface area contributed by atoms with Crippen LogP contribution in [0.3, 0.4) is 0 Å². The largest absolute Gasteiger partial charge is 0.383 e. The topological polar surface area (TPSA) is 51.2 Å². The Kier molecular flexibility index (Phi) is 7.53. The molecule has 0 aliphatic carbocycles. The molecular weight excluding hydrogens is 374 g/mol. The molecule has 3 rings (SSSR count). The summed E-state index contributed by atoms with van der Waals surface area (Å²) in [4.78, 5) is 23.8. The van der Waals surface area contributed by atoms with Gasteiger partial charge in [-0.25, -0.2) is 0 Å². The Morgan fingerprint density at radius 3 is 2.63 bits per heavy atom. The van der Waals surface area contributed by atoms with E-state index in [0.717, 1.165) is 43.9 Å². The van der Waals surface area contributed by atoms with Crippen molar-refractivity contribution in [2.45, 2.75) is 58.5 Å². The second kappa shape index (κ2) is 10.1. The lowest BCUT2D eigenvalue weighted by Crippen LogP contribution is -2.52. The standard InChI is InChI=1S/C24H37N5O/c1-6-21-15-25-16-22(29(21)7-2)24(30)28-14-10-11-20(17-28)26-19(5)23(18(3)4)27-12-8-9-13-27/h6-7,15-16,18,20,23,26H,2,5,8-14,17H2,1,3-4H3/b21-6-/t20?,23-/m1/s1. The molecule has 0 aromatic heterocycles. The first kappa shape index (κ1) is 22.3. The number of nitrogens with zero attached hydrogens (tertiary/aromatic N) is 4. The number of hydrogen-bond acceptors (Lipinski definition) is 5. The zero-order valence-corrected chi connectivity index (χ0v) is 18.8. The summed E-state index contributed by atoms with van der Waals surface area (Å²) in [6.45, 7) is 18.5. The summed E-state index contributed by atoms with van der Waals surface area (Å²) in [5.41, 5.74) is 2.51. The molecule has 0 aromatic carbocycles. The normalized spacial score (nSPS) is 24.9. The number of carbonyl (C=O) groups excluding carboxylic acids is 1. The first-order chi connectivity index (χ1) is 14.5. The predicted molar refractivity (Wildman–Crippen MR) is 124 cm³/mol. The highest BCUT2D eigenvalue weighted by Crippen LogP contribution is 2.24. The van der Waals surface area contributed by atoms with E-state index >= 15 is 0 Å². The number of allylic oxidation sites excluding steroid dienone is 2. The smallest absolute Gasteiger partial charge is 0.272 e. The van der Waals surface area contributed by atoms with Gasteiger partial charge in [0.25, 0.3) is 5.91 Å². The van der Waals surface area contributed by atoms with Gasteiger partial charge in [-0.1, -0.05) is 33.1 Å². The van der Waals surface area contributed by atoms with Gasteiger partial charge < -0.3 is 15.1 Å². The summed E-state index contributed by atoms with van der Waals surface area (Å²) in [7, 11) is 0. The van der Waals surface area contributed by atoms with Crippen LogP contribution in [0.5, 0.6) is 0 Å². The van der Waals surface area contributed by atoms with Crippen LogP contribution < -0.4 is 5.32 Å². The number of nitrogens with one attached hydrogen (secondary N) is 1. The van der Waals surface area contributed by atoms with Crippen molar-refractivity contribution >= 4 is 12.1 Å². The predicted octanol–water partition coefficient (Wildman–Crippen LogP) is 3.48. The molecule has 1 unspecified atom stereocenters. The molecule has 0 radical (unpaired) electrons. The van der Waals surface area contributed by atoms with Crippen LogP contribution in [-0.4, -0.2) is 65.1 Å². The monoisotopic (exact) mass is 411 g/mol. The van der Waals surface area contributed by atoms with Crippen molar-refractivity contribution in [3.63, 3.8) is 0 Å². The van der Waals surface area contributed by atoms with Gasteiger partial charge in [-0.15, -0.1) is 0 Å². The molecule has 2 saturated heterocycles. The van der Waals surface area contributed by atoms with E-state index in [-0.39, 0.29) is 11.9 Å². The number of amides is 1. The number of likely N-dealkylation sites (tertiary alicyclic amines) is 2. The Morgan fingerprint density at radius 1 is 1.27 bits per heavy atom. The number of piperidine rings is 1. The molecule has 6 heteroatoms. The third-order valence-corrected chi connectivity index (χ3v) is 6.26. The summed E-state index contributed by atoms with van der Waals surface area (Å²) in [5, 5.41) is 3.69. The Balaban J connectivity index is 1.65. The van der Waals surface area contributed by atoms with E-state index in [1.165, 1.54) is 12.8 Å². The Morgan fingerprint density at radius 2 is 2.00 bits per heavy atom. The highest BCUT2D eigenvalue weighted by atomic mass is 16.2. The van der Waals surface area contributed by atoms with Gasteiger partial charge in [0.1, 0.15) is 5.70 Å². The first-order valence-electron chi connectivity index (χ1n) is 11.3. The van der Waals surface area contributed by atoms with Crippen LogP contribution in [0.1, 0.15) is 46.5 Å². The third kappa shape index (κ3) is 4.86. The fourth-order valence-electron chi connectivity index (χ4n) is 4.88. The van der Waals surface area contributed by atoms with Crippen molar-refractivity contribution in [1.82, 2.24) is 20.0 Å². The highest BCUT2D eigenvalue weighted by Gasteiger charge is 2.32. The fourth-order valence-corrected chi connectivity index (χ4v) is 4.88. The maximum Gasteiger partial charge on any atom is 0.272 e. The summed E-state index contributed by atoms with van der Waals surface area (Å²) in [6.07, 6.45) is 11.6. The van der Waals surface area contributed by atoms with Gasteiger partial charge in [0, 0.05) is 31.0 Å². The lowest BCUT2D eigenvalue weighted by atomic mass is 9.98. The molecule has 3 aliphatic heterocycles. The van der Waals surface area contributed by atoms with E-state index in [1.807, 2.05) is 22.8 Å². The molecular formula is C24H37N5O. The van der Waals surface area contributed by atoms with E-state index in [9.17, 15) is 4.79 Å². The summed E-state index contributed by atoms with van der Waals surface area (Å²) in [6, 6.07) is 0.576. The minimum absolute atomic E-state index is 0.00293. The van der Waals surface area contributed by atoms with Gasteiger partial charge >= 0.3 is 0 Å². The average Bonchev–Trinajstić information content (AvgIpc) is 3.26. The summed E-state index contributed by atoms with van der Waals surface area (Å²) >= 11 is 0. The van der Waals surface area contributed by atoms with Crippen molar-refractivity contribution in [1.29, 1.82) is 0 Å².